The summed E-state index contributed by atoms with van der Waals surface area (Å²) in [6.07, 6.45) is 5.20. The van der Waals surface area contributed by atoms with Gasteiger partial charge in [-0.05, 0) is 29.8 Å². The van der Waals surface area contributed by atoms with E-state index in [0.717, 1.165) is 17.0 Å². The minimum atomic E-state index is -0.145. The number of aliphatic imine (C=N–C) groups is 1. The van der Waals surface area contributed by atoms with Crippen LogP contribution in [0.2, 0.25) is 0 Å². The minimum Gasteiger partial charge on any atom is -0.467 e. The van der Waals surface area contributed by atoms with E-state index < -0.39 is 0 Å². The molecule has 3 heteroatoms. The third-order valence-corrected chi connectivity index (χ3v) is 2.97. The molecule has 0 saturated heterocycles. The Morgan fingerprint density at radius 2 is 1.80 bits per heavy atom. The van der Waals surface area contributed by atoms with Gasteiger partial charge in [0.15, 0.2) is 0 Å². The monoisotopic (exact) mass is 262 g/mol. The van der Waals surface area contributed by atoms with Crippen molar-refractivity contribution >= 4 is 6.21 Å². The zero-order chi connectivity index (χ0) is 13.6. The summed E-state index contributed by atoms with van der Waals surface area (Å²) in [5.74, 6) is 0.823. The second-order valence-corrected chi connectivity index (χ2v) is 4.36. The highest BCUT2D eigenvalue weighted by molar-refractivity contribution is 5.77. The van der Waals surface area contributed by atoms with Gasteiger partial charge in [0.1, 0.15) is 11.8 Å². The summed E-state index contributed by atoms with van der Waals surface area (Å²) in [7, 11) is 0. The quantitative estimate of drug-likeness (QED) is 0.669. The van der Waals surface area contributed by atoms with Gasteiger partial charge in [-0.2, -0.15) is 0 Å². The number of pyridine rings is 1. The molecular weight excluding hydrogens is 248 g/mol. The predicted molar refractivity (Wildman–Crippen MR) is 78.8 cm³/mol. The summed E-state index contributed by atoms with van der Waals surface area (Å²) < 4.78 is 5.50. The van der Waals surface area contributed by atoms with Crippen LogP contribution in [0.25, 0.3) is 0 Å². The molecule has 0 spiro atoms. The van der Waals surface area contributed by atoms with Gasteiger partial charge in [-0.25, -0.2) is 0 Å². The van der Waals surface area contributed by atoms with Crippen molar-refractivity contribution in [3.63, 3.8) is 0 Å². The summed E-state index contributed by atoms with van der Waals surface area (Å²) in [6.45, 7) is 0. The second-order valence-electron chi connectivity index (χ2n) is 4.36. The SMILES string of the molecule is C(=N\C(c1ccccc1)c1ccco1)/c1ccccn1. The number of nitrogens with zero attached hydrogens (tertiary/aromatic N) is 2. The van der Waals surface area contributed by atoms with E-state index in [9.17, 15) is 0 Å². The van der Waals surface area contributed by atoms with E-state index in [2.05, 4.69) is 9.98 Å². The van der Waals surface area contributed by atoms with Crippen molar-refractivity contribution in [3.8, 4) is 0 Å². The third-order valence-electron chi connectivity index (χ3n) is 2.97. The van der Waals surface area contributed by atoms with Crippen LogP contribution in [-0.2, 0) is 0 Å². The van der Waals surface area contributed by atoms with Crippen LogP contribution in [0.4, 0.5) is 0 Å². The summed E-state index contributed by atoms with van der Waals surface area (Å²) >= 11 is 0. The van der Waals surface area contributed by atoms with E-state index in [1.165, 1.54) is 0 Å². The number of aromatic nitrogens is 1. The van der Waals surface area contributed by atoms with Crippen LogP contribution < -0.4 is 0 Å². The molecule has 0 saturated carbocycles. The lowest BCUT2D eigenvalue weighted by molar-refractivity contribution is 0.491. The van der Waals surface area contributed by atoms with Crippen molar-refractivity contribution in [1.29, 1.82) is 0 Å². The topological polar surface area (TPSA) is 38.4 Å². The molecule has 1 atom stereocenters. The molecule has 0 fully saturated rings. The first kappa shape index (κ1) is 12.4. The Kier molecular flexibility index (Phi) is 3.69. The number of rotatable bonds is 4. The first-order valence-electron chi connectivity index (χ1n) is 6.46. The molecule has 0 amide bonds. The van der Waals surface area contributed by atoms with Crippen LogP contribution in [0.3, 0.4) is 0 Å². The van der Waals surface area contributed by atoms with E-state index in [4.69, 9.17) is 4.42 Å². The molecule has 3 aromatic rings. The van der Waals surface area contributed by atoms with Gasteiger partial charge in [-0.1, -0.05) is 36.4 Å². The molecule has 0 aliphatic carbocycles. The summed E-state index contributed by atoms with van der Waals surface area (Å²) in [5, 5.41) is 0. The highest BCUT2D eigenvalue weighted by atomic mass is 16.3. The minimum absolute atomic E-state index is 0.145. The van der Waals surface area contributed by atoms with Gasteiger partial charge in [0.05, 0.1) is 12.0 Å². The van der Waals surface area contributed by atoms with Crippen LogP contribution in [0.5, 0.6) is 0 Å². The fraction of sp³-hybridized carbons (Fsp3) is 0.0588. The van der Waals surface area contributed by atoms with Gasteiger partial charge in [0, 0.05) is 12.4 Å². The van der Waals surface area contributed by atoms with Crippen molar-refractivity contribution in [2.24, 2.45) is 4.99 Å². The molecule has 3 nitrogen and oxygen atoms in total. The average molecular weight is 262 g/mol. The predicted octanol–water partition coefficient (Wildman–Crippen LogP) is 3.88. The van der Waals surface area contributed by atoms with Crippen molar-refractivity contribution < 1.29 is 4.42 Å². The van der Waals surface area contributed by atoms with Crippen LogP contribution in [0, 0.1) is 0 Å². The van der Waals surface area contributed by atoms with E-state index in [1.54, 1.807) is 18.7 Å². The molecule has 1 aromatic carbocycles. The van der Waals surface area contributed by atoms with Gasteiger partial charge in [0.25, 0.3) is 0 Å². The van der Waals surface area contributed by atoms with E-state index in [1.807, 2.05) is 60.7 Å². The smallest absolute Gasteiger partial charge is 0.133 e. The zero-order valence-corrected chi connectivity index (χ0v) is 10.9. The van der Waals surface area contributed by atoms with E-state index in [-0.39, 0.29) is 6.04 Å². The van der Waals surface area contributed by atoms with Gasteiger partial charge < -0.3 is 4.42 Å². The first-order chi connectivity index (χ1) is 9.93. The lowest BCUT2D eigenvalue weighted by Gasteiger charge is -2.09. The highest BCUT2D eigenvalue weighted by Gasteiger charge is 2.14. The number of benzene rings is 1. The standard InChI is InChI=1S/C17H14N2O/c1-2-7-14(8-3-1)17(16-10-6-12-20-16)19-13-15-9-4-5-11-18-15/h1-13,17H/b19-13+. The fourth-order valence-corrected chi connectivity index (χ4v) is 2.01. The molecule has 1 unspecified atom stereocenters. The molecular formula is C17H14N2O. The maximum absolute atomic E-state index is 5.50. The average Bonchev–Trinajstić information content (AvgIpc) is 3.04. The lowest BCUT2D eigenvalue weighted by Crippen LogP contribution is -1.98. The highest BCUT2D eigenvalue weighted by Crippen LogP contribution is 2.26. The normalized spacial score (nSPS) is 12.6. The Labute approximate surface area is 117 Å². The molecule has 20 heavy (non-hydrogen) atoms. The summed E-state index contributed by atoms with van der Waals surface area (Å²) in [4.78, 5) is 8.87. The van der Waals surface area contributed by atoms with Crippen molar-refractivity contribution in [1.82, 2.24) is 4.98 Å². The molecule has 98 valence electrons. The Morgan fingerprint density at radius 1 is 0.950 bits per heavy atom. The Morgan fingerprint density at radius 3 is 2.50 bits per heavy atom. The molecule has 0 N–H and O–H groups in total. The third kappa shape index (κ3) is 2.83. The first-order valence-corrected chi connectivity index (χ1v) is 6.46. The lowest BCUT2D eigenvalue weighted by atomic mass is 10.1. The summed E-state index contributed by atoms with van der Waals surface area (Å²) in [5.41, 5.74) is 1.93. The maximum atomic E-state index is 5.50. The molecule has 0 radical (unpaired) electrons. The van der Waals surface area contributed by atoms with Crippen molar-refractivity contribution in [2.75, 3.05) is 0 Å². The van der Waals surface area contributed by atoms with Crippen LogP contribution >= 0.6 is 0 Å². The Bertz CT molecular complexity index is 661. The maximum Gasteiger partial charge on any atom is 0.133 e. The van der Waals surface area contributed by atoms with Crippen LogP contribution in [0.1, 0.15) is 23.1 Å². The Hall–Kier alpha value is -2.68. The van der Waals surface area contributed by atoms with Gasteiger partial charge in [0.2, 0.25) is 0 Å². The Balaban J connectivity index is 1.93. The van der Waals surface area contributed by atoms with Gasteiger partial charge in [-0.15, -0.1) is 0 Å². The molecule has 0 bridgehead atoms. The van der Waals surface area contributed by atoms with Crippen molar-refractivity contribution in [3.05, 3.63) is 90.1 Å². The second kappa shape index (κ2) is 5.97. The molecule has 3 rings (SSSR count). The molecule has 2 heterocycles. The number of hydrogen-bond donors (Lipinski definition) is 0. The van der Waals surface area contributed by atoms with E-state index >= 15 is 0 Å². The van der Waals surface area contributed by atoms with Crippen LogP contribution in [0.15, 0.2) is 82.5 Å². The molecule has 2 aromatic heterocycles. The molecule has 0 aliphatic rings. The van der Waals surface area contributed by atoms with E-state index in [0.29, 0.717) is 0 Å². The number of furan rings is 1. The number of hydrogen-bond acceptors (Lipinski definition) is 3. The zero-order valence-electron chi connectivity index (χ0n) is 10.9. The van der Waals surface area contributed by atoms with Crippen LogP contribution in [-0.4, -0.2) is 11.2 Å². The summed E-state index contributed by atoms with van der Waals surface area (Å²) in [6, 6.07) is 19.5. The largest absolute Gasteiger partial charge is 0.467 e. The molecule has 0 aliphatic heterocycles. The van der Waals surface area contributed by atoms with Crippen molar-refractivity contribution in [2.45, 2.75) is 6.04 Å². The van der Waals surface area contributed by atoms with Gasteiger partial charge in [-0.3, -0.25) is 9.98 Å². The van der Waals surface area contributed by atoms with Gasteiger partial charge >= 0.3 is 0 Å². The fourth-order valence-electron chi connectivity index (χ4n) is 2.01.